The van der Waals surface area contributed by atoms with Crippen LogP contribution in [0.5, 0.6) is 0 Å². The van der Waals surface area contributed by atoms with E-state index in [0.717, 1.165) is 16.6 Å². The first-order chi connectivity index (χ1) is 8.19. The lowest BCUT2D eigenvalue weighted by molar-refractivity contribution is 0.728. The Morgan fingerprint density at radius 2 is 2.18 bits per heavy atom. The molecule has 0 spiro atoms. The van der Waals surface area contributed by atoms with Crippen LogP contribution < -0.4 is 10.9 Å². The lowest BCUT2D eigenvalue weighted by Gasteiger charge is -2.07. The maximum absolute atomic E-state index is 11.4. The van der Waals surface area contributed by atoms with Crippen LogP contribution in [-0.2, 0) is 13.1 Å². The quantitative estimate of drug-likeness (QED) is 0.924. The topological polar surface area (TPSA) is 34.0 Å². The third-order valence-corrected chi connectivity index (χ3v) is 3.65. The van der Waals surface area contributed by atoms with E-state index in [1.165, 1.54) is 4.88 Å². The average molecular weight is 269 g/mol. The number of thiophene rings is 1. The van der Waals surface area contributed by atoms with Crippen LogP contribution in [0.4, 0.5) is 5.69 Å². The van der Waals surface area contributed by atoms with Gasteiger partial charge in [-0.1, -0.05) is 11.6 Å². The number of nitrogens with one attached hydrogen (secondary N) is 1. The minimum Gasteiger partial charge on any atom is -0.379 e. The first-order valence-corrected chi connectivity index (χ1v) is 6.57. The van der Waals surface area contributed by atoms with Gasteiger partial charge in [-0.15, -0.1) is 11.3 Å². The molecule has 0 aliphatic carbocycles. The molecule has 0 radical (unpaired) electrons. The van der Waals surface area contributed by atoms with Crippen LogP contribution >= 0.6 is 22.9 Å². The number of halogens is 1. The molecule has 0 aliphatic rings. The number of aryl methyl sites for hydroxylation is 1. The van der Waals surface area contributed by atoms with E-state index in [1.807, 2.05) is 25.3 Å². The Labute approximate surface area is 109 Å². The minimum atomic E-state index is 0.0252. The van der Waals surface area contributed by atoms with E-state index in [9.17, 15) is 4.79 Å². The zero-order valence-electron chi connectivity index (χ0n) is 9.44. The number of hydrogen-bond donors (Lipinski definition) is 1. The van der Waals surface area contributed by atoms with Crippen LogP contribution in [0.25, 0.3) is 0 Å². The molecule has 0 amide bonds. The van der Waals surface area contributed by atoms with Gasteiger partial charge in [0.05, 0.1) is 10.0 Å². The van der Waals surface area contributed by atoms with Gasteiger partial charge >= 0.3 is 0 Å². The minimum absolute atomic E-state index is 0.0252. The third kappa shape index (κ3) is 3.11. The molecule has 2 aromatic rings. The van der Waals surface area contributed by atoms with E-state index in [-0.39, 0.29) is 5.56 Å². The first kappa shape index (κ1) is 12.2. The van der Waals surface area contributed by atoms with Gasteiger partial charge < -0.3 is 9.88 Å². The summed E-state index contributed by atoms with van der Waals surface area (Å²) < 4.78 is 2.46. The van der Waals surface area contributed by atoms with Crippen molar-refractivity contribution in [3.05, 3.63) is 50.0 Å². The monoisotopic (exact) mass is 268 g/mol. The Hall–Kier alpha value is -1.26. The van der Waals surface area contributed by atoms with Crippen LogP contribution in [0.15, 0.2) is 35.3 Å². The Morgan fingerprint density at radius 1 is 1.35 bits per heavy atom. The Bertz CT molecular complexity index is 562. The summed E-state index contributed by atoms with van der Waals surface area (Å²) in [7, 11) is 0. The largest absolute Gasteiger partial charge is 0.379 e. The highest BCUT2D eigenvalue weighted by Gasteiger charge is 1.99. The number of hydrogen-bond acceptors (Lipinski definition) is 3. The van der Waals surface area contributed by atoms with Gasteiger partial charge in [0, 0.05) is 30.2 Å². The molecule has 0 bridgehead atoms. The summed E-state index contributed by atoms with van der Waals surface area (Å²) >= 11 is 7.41. The van der Waals surface area contributed by atoms with Gasteiger partial charge in [-0.3, -0.25) is 4.79 Å². The lowest BCUT2D eigenvalue weighted by atomic mass is 10.4. The van der Waals surface area contributed by atoms with Crippen molar-refractivity contribution in [1.29, 1.82) is 0 Å². The molecule has 0 unspecified atom stereocenters. The molecular weight excluding hydrogens is 256 g/mol. The Balaban J connectivity index is 2.06. The second kappa shape index (κ2) is 5.38. The van der Waals surface area contributed by atoms with E-state index in [0.29, 0.717) is 6.54 Å². The molecule has 2 heterocycles. The molecule has 0 aliphatic heterocycles. The van der Waals surface area contributed by atoms with Gasteiger partial charge in [0.15, 0.2) is 0 Å². The van der Waals surface area contributed by atoms with Crippen molar-refractivity contribution in [3.8, 4) is 0 Å². The van der Waals surface area contributed by atoms with Crippen molar-refractivity contribution >= 4 is 28.6 Å². The Morgan fingerprint density at radius 3 is 2.82 bits per heavy atom. The molecular formula is C12H13ClN2OS. The fourth-order valence-electron chi connectivity index (χ4n) is 1.52. The molecule has 0 saturated heterocycles. The second-order valence-electron chi connectivity index (χ2n) is 3.60. The van der Waals surface area contributed by atoms with Gasteiger partial charge in [0.1, 0.15) is 0 Å². The highest BCUT2D eigenvalue weighted by Crippen LogP contribution is 2.22. The van der Waals surface area contributed by atoms with Crippen molar-refractivity contribution in [1.82, 2.24) is 4.57 Å². The standard InChI is InChI=1S/C12H13ClN2OS/c1-2-15-8-9(3-6-12(15)16)14-7-10-4-5-11(13)17-10/h3-6,8,14H,2,7H2,1H3. The van der Waals surface area contributed by atoms with Gasteiger partial charge in [-0.05, 0) is 25.1 Å². The molecule has 2 rings (SSSR count). The molecule has 5 heteroatoms. The number of pyridine rings is 1. The summed E-state index contributed by atoms with van der Waals surface area (Å²) in [6, 6.07) is 7.25. The van der Waals surface area contributed by atoms with Gasteiger partial charge in [0.25, 0.3) is 5.56 Å². The van der Waals surface area contributed by atoms with E-state index >= 15 is 0 Å². The van der Waals surface area contributed by atoms with Gasteiger partial charge in [-0.2, -0.15) is 0 Å². The average Bonchev–Trinajstić information content (AvgIpc) is 2.74. The van der Waals surface area contributed by atoms with Crippen LogP contribution in [0, 0.1) is 0 Å². The van der Waals surface area contributed by atoms with Crippen molar-refractivity contribution in [2.24, 2.45) is 0 Å². The molecule has 0 fully saturated rings. The van der Waals surface area contributed by atoms with E-state index in [2.05, 4.69) is 5.32 Å². The van der Waals surface area contributed by atoms with Crippen LogP contribution in [0.3, 0.4) is 0 Å². The van der Waals surface area contributed by atoms with E-state index < -0.39 is 0 Å². The summed E-state index contributed by atoms with van der Waals surface area (Å²) in [5.41, 5.74) is 0.966. The summed E-state index contributed by atoms with van der Waals surface area (Å²) in [6.45, 7) is 3.35. The molecule has 0 atom stereocenters. The van der Waals surface area contributed by atoms with Crippen LogP contribution in [0.1, 0.15) is 11.8 Å². The third-order valence-electron chi connectivity index (χ3n) is 2.42. The zero-order chi connectivity index (χ0) is 12.3. The fourth-order valence-corrected chi connectivity index (χ4v) is 2.55. The summed E-state index contributed by atoms with van der Waals surface area (Å²) in [5.74, 6) is 0. The lowest BCUT2D eigenvalue weighted by Crippen LogP contribution is -2.17. The summed E-state index contributed by atoms with van der Waals surface area (Å²) in [6.07, 6.45) is 1.83. The summed E-state index contributed by atoms with van der Waals surface area (Å²) in [4.78, 5) is 12.6. The second-order valence-corrected chi connectivity index (χ2v) is 5.40. The number of rotatable bonds is 4. The van der Waals surface area contributed by atoms with E-state index in [4.69, 9.17) is 11.6 Å². The predicted molar refractivity (Wildman–Crippen MR) is 73.0 cm³/mol. The Kier molecular flexibility index (Phi) is 3.86. The van der Waals surface area contributed by atoms with Crippen molar-refractivity contribution in [2.75, 3.05) is 5.32 Å². The van der Waals surface area contributed by atoms with Crippen LogP contribution in [-0.4, -0.2) is 4.57 Å². The zero-order valence-corrected chi connectivity index (χ0v) is 11.0. The maximum atomic E-state index is 11.4. The van der Waals surface area contributed by atoms with E-state index in [1.54, 1.807) is 28.0 Å². The SMILES string of the molecule is CCn1cc(NCc2ccc(Cl)s2)ccc1=O. The first-order valence-electron chi connectivity index (χ1n) is 5.37. The molecule has 90 valence electrons. The van der Waals surface area contributed by atoms with Crippen molar-refractivity contribution in [3.63, 3.8) is 0 Å². The highest BCUT2D eigenvalue weighted by atomic mass is 35.5. The molecule has 0 saturated carbocycles. The van der Waals surface area contributed by atoms with Crippen molar-refractivity contribution < 1.29 is 0 Å². The molecule has 1 N–H and O–H groups in total. The maximum Gasteiger partial charge on any atom is 0.250 e. The fraction of sp³-hybridized carbons (Fsp3) is 0.250. The molecule has 2 aromatic heterocycles. The van der Waals surface area contributed by atoms with Crippen molar-refractivity contribution in [2.45, 2.75) is 20.0 Å². The number of aromatic nitrogens is 1. The van der Waals surface area contributed by atoms with Gasteiger partial charge in [0.2, 0.25) is 0 Å². The summed E-state index contributed by atoms with van der Waals surface area (Å²) in [5, 5.41) is 3.27. The molecule has 3 nitrogen and oxygen atoms in total. The predicted octanol–water partition coefficient (Wildman–Crippen LogP) is 3.20. The smallest absolute Gasteiger partial charge is 0.250 e. The van der Waals surface area contributed by atoms with Gasteiger partial charge in [-0.25, -0.2) is 0 Å². The number of anilines is 1. The number of nitrogens with zero attached hydrogens (tertiary/aromatic N) is 1. The van der Waals surface area contributed by atoms with Crippen LogP contribution in [0.2, 0.25) is 4.34 Å². The molecule has 17 heavy (non-hydrogen) atoms. The highest BCUT2D eigenvalue weighted by molar-refractivity contribution is 7.16. The molecule has 0 aromatic carbocycles. The normalized spacial score (nSPS) is 10.5.